The fourth-order valence-electron chi connectivity index (χ4n) is 2.83. The van der Waals surface area contributed by atoms with E-state index in [1.54, 1.807) is 0 Å². The summed E-state index contributed by atoms with van der Waals surface area (Å²) in [5, 5.41) is 17.4. The average molecular weight is 675 g/mol. The molecule has 0 aliphatic carbocycles. The van der Waals surface area contributed by atoms with Crippen molar-refractivity contribution in [2.45, 2.75) is 9.79 Å². The molecule has 18 heteroatoms. The summed E-state index contributed by atoms with van der Waals surface area (Å²) in [6.07, 6.45) is 0. The molecule has 12 N–H and O–H groups in total. The first-order valence-electron chi connectivity index (χ1n) is 12.7. The van der Waals surface area contributed by atoms with Crippen LogP contribution in [0.15, 0.2) is 129 Å². The summed E-state index contributed by atoms with van der Waals surface area (Å²) in [7, 11) is -8.98. The number of rotatable bonds is 9. The number of guanidine groups is 2. The Labute approximate surface area is 266 Å². The van der Waals surface area contributed by atoms with Crippen LogP contribution in [0.1, 0.15) is 0 Å². The predicted octanol–water partition coefficient (Wildman–Crippen LogP) is -0.908. The van der Waals surface area contributed by atoms with Crippen molar-refractivity contribution in [2.24, 2.45) is 33.2 Å². The molecule has 0 aromatic heterocycles. The molecular weight excluding hydrogens is 640 g/mol. The molecule has 4 aromatic carbocycles. The van der Waals surface area contributed by atoms with E-state index in [9.17, 15) is 25.9 Å². The van der Waals surface area contributed by atoms with Gasteiger partial charge in [-0.1, -0.05) is 36.4 Å². The number of nitrogens with two attached hydrogens (primary N) is 6. The zero-order valence-corrected chi connectivity index (χ0v) is 25.9. The second kappa shape index (κ2) is 19.7. The minimum atomic E-state index is -4.49. The second-order valence-corrected chi connectivity index (χ2v) is 11.2. The van der Waals surface area contributed by atoms with Crippen LogP contribution in [0.25, 0.3) is 0 Å². The average Bonchev–Trinajstić information content (AvgIpc) is 2.99. The van der Waals surface area contributed by atoms with Crippen molar-refractivity contribution in [1.82, 2.24) is 0 Å². The number of benzene rings is 4. The number of azo groups is 1. The van der Waals surface area contributed by atoms with Crippen molar-refractivity contribution in [3.05, 3.63) is 109 Å². The molecule has 0 saturated carbocycles. The van der Waals surface area contributed by atoms with E-state index in [-0.39, 0.29) is 34.9 Å². The number of hydrogen-bond acceptors (Lipinski definition) is 10. The van der Waals surface area contributed by atoms with E-state index < -0.39 is 20.2 Å². The van der Waals surface area contributed by atoms with Gasteiger partial charge in [-0.2, -0.15) is 10.2 Å². The van der Waals surface area contributed by atoms with E-state index in [4.69, 9.17) is 9.47 Å². The van der Waals surface area contributed by atoms with Crippen molar-refractivity contribution >= 4 is 43.5 Å². The molecule has 0 amide bonds. The highest BCUT2D eigenvalue weighted by atomic mass is 32.2. The molecule has 0 fully saturated rings. The first-order valence-corrected chi connectivity index (χ1v) is 15.6. The molecule has 0 bridgehead atoms. The van der Waals surface area contributed by atoms with E-state index in [0.29, 0.717) is 11.5 Å². The minimum absolute atomic E-state index is 0.0833. The Morgan fingerprint density at radius 2 is 0.804 bits per heavy atom. The van der Waals surface area contributed by atoms with Gasteiger partial charge in [-0.3, -0.25) is 33.8 Å². The van der Waals surface area contributed by atoms with Gasteiger partial charge in [0.15, 0.2) is 0 Å². The van der Waals surface area contributed by atoms with Gasteiger partial charge >= 0.3 is 11.9 Å². The monoisotopic (exact) mass is 674 g/mol. The third-order valence-corrected chi connectivity index (χ3v) is 6.34. The van der Waals surface area contributed by atoms with Gasteiger partial charge in [0.1, 0.15) is 44.9 Å². The van der Waals surface area contributed by atoms with Gasteiger partial charge < -0.3 is 18.6 Å². The molecule has 4 rings (SSSR count). The molecule has 0 unspecified atom stereocenters. The van der Waals surface area contributed by atoms with Crippen LogP contribution in [0.5, 0.6) is 11.5 Å². The zero-order chi connectivity index (χ0) is 34.6. The highest BCUT2D eigenvalue weighted by Gasteiger charge is 2.03. The van der Waals surface area contributed by atoms with Crippen LogP contribution in [0.2, 0.25) is 0 Å². The standard InChI is InChI=1S/C14H14O8S2.C12H10N2.2CH5N3/c15-23(16,17)13-5-1-11(2-6-13)21-9-10-22-12-3-7-14(8-4-12)24(18,19)20;1-3-7-11(8-4-1)13-14-12-9-5-2-6-10-12;2*2-1(3)4/h1-8H,9-10H2,(H,15,16,17)(H,18,19,20);1-10H;2*(H5,2,3,4). The SMILES string of the molecule is NC(N)=[NH2+].NC(N)=[NH2+].O=S(=O)([O-])c1ccc(OCCOc2ccc(S(=O)(=O)[O-])cc2)cc1.c1ccc(N=Nc2ccccc2)cc1. The summed E-state index contributed by atoms with van der Waals surface area (Å²) in [5.41, 5.74) is 20.1. The quantitative estimate of drug-likeness (QED) is 0.0413. The topological polar surface area (TPSA) is 313 Å². The van der Waals surface area contributed by atoms with Gasteiger partial charge in [0.2, 0.25) is 0 Å². The molecule has 0 saturated heterocycles. The van der Waals surface area contributed by atoms with Crippen molar-refractivity contribution in [3.63, 3.8) is 0 Å². The van der Waals surface area contributed by atoms with Gasteiger partial charge in [0.05, 0.1) is 21.2 Å². The Hall–Kier alpha value is -5.56. The van der Waals surface area contributed by atoms with Gasteiger partial charge in [-0.15, -0.1) is 0 Å². The first kappa shape index (κ1) is 38.5. The number of ether oxygens (including phenoxy) is 2. The second-order valence-electron chi connectivity index (χ2n) is 8.42. The molecule has 0 aliphatic rings. The fraction of sp³-hybridized carbons (Fsp3) is 0.0714. The van der Waals surface area contributed by atoms with Crippen LogP contribution in [0.4, 0.5) is 11.4 Å². The Bertz CT molecular complexity index is 1600. The summed E-state index contributed by atoms with van der Waals surface area (Å²) in [6.45, 7) is 0.260. The van der Waals surface area contributed by atoms with Crippen molar-refractivity contribution in [3.8, 4) is 11.5 Å². The van der Waals surface area contributed by atoms with E-state index in [1.165, 1.54) is 24.3 Å². The normalized spacial score (nSPS) is 10.5. The van der Waals surface area contributed by atoms with Gasteiger partial charge in [-0.25, -0.2) is 16.8 Å². The lowest BCUT2D eigenvalue weighted by Crippen LogP contribution is -2.51. The third-order valence-electron chi connectivity index (χ3n) is 4.64. The molecule has 246 valence electrons. The van der Waals surface area contributed by atoms with Crippen molar-refractivity contribution in [2.75, 3.05) is 13.2 Å². The van der Waals surface area contributed by atoms with Crippen LogP contribution in [0.3, 0.4) is 0 Å². The zero-order valence-electron chi connectivity index (χ0n) is 24.2. The Kier molecular flexibility index (Phi) is 16.4. The van der Waals surface area contributed by atoms with Gasteiger partial charge in [0.25, 0.3) is 0 Å². The van der Waals surface area contributed by atoms with Crippen LogP contribution < -0.4 is 43.2 Å². The molecule has 0 heterocycles. The highest BCUT2D eigenvalue weighted by Crippen LogP contribution is 2.18. The summed E-state index contributed by atoms with van der Waals surface area (Å²) < 4.78 is 75.3. The molecule has 0 spiro atoms. The Morgan fingerprint density at radius 3 is 1.04 bits per heavy atom. The summed E-state index contributed by atoms with van der Waals surface area (Å²) in [5.74, 6) is 0.553. The fourth-order valence-corrected chi connectivity index (χ4v) is 3.77. The van der Waals surface area contributed by atoms with Crippen LogP contribution in [0, 0.1) is 0 Å². The molecule has 0 atom stereocenters. The largest absolute Gasteiger partial charge is 0.744 e. The summed E-state index contributed by atoms with van der Waals surface area (Å²) in [6, 6.07) is 29.3. The Balaban J connectivity index is 0.000000402. The van der Waals surface area contributed by atoms with E-state index in [0.717, 1.165) is 35.6 Å². The van der Waals surface area contributed by atoms with Gasteiger partial charge in [-0.05, 0) is 72.8 Å². The molecule has 4 aromatic rings. The first-order chi connectivity index (χ1) is 21.6. The van der Waals surface area contributed by atoms with Crippen LogP contribution in [-0.4, -0.2) is 51.1 Å². The molecule has 16 nitrogen and oxygen atoms in total. The lowest BCUT2D eigenvalue weighted by molar-refractivity contribution is -0.117. The van der Waals surface area contributed by atoms with Crippen molar-refractivity contribution in [1.29, 1.82) is 0 Å². The minimum Gasteiger partial charge on any atom is -0.744 e. The Morgan fingerprint density at radius 1 is 0.543 bits per heavy atom. The molecular formula is C28H34N8O8S2. The molecule has 46 heavy (non-hydrogen) atoms. The van der Waals surface area contributed by atoms with Crippen LogP contribution >= 0.6 is 0 Å². The third kappa shape index (κ3) is 18.2. The molecule has 0 aliphatic heterocycles. The van der Waals surface area contributed by atoms with Crippen molar-refractivity contribution < 1.29 is 46.2 Å². The maximum absolute atomic E-state index is 10.8. The van der Waals surface area contributed by atoms with E-state index >= 15 is 0 Å². The smallest absolute Gasteiger partial charge is 0.336 e. The predicted molar refractivity (Wildman–Crippen MR) is 167 cm³/mol. The summed E-state index contributed by atoms with van der Waals surface area (Å²) >= 11 is 0. The number of hydrogen-bond donors (Lipinski definition) is 6. The summed E-state index contributed by atoms with van der Waals surface area (Å²) in [4.78, 5) is -0.695. The van der Waals surface area contributed by atoms with Gasteiger partial charge in [0, 0.05) is 0 Å². The highest BCUT2D eigenvalue weighted by molar-refractivity contribution is 7.86. The maximum atomic E-state index is 10.8. The maximum Gasteiger partial charge on any atom is 0.336 e. The lowest BCUT2D eigenvalue weighted by Gasteiger charge is -2.11. The van der Waals surface area contributed by atoms with E-state index in [1.807, 2.05) is 60.7 Å². The molecule has 0 radical (unpaired) electrons. The van der Waals surface area contributed by atoms with Crippen LogP contribution in [-0.2, 0) is 20.2 Å². The van der Waals surface area contributed by atoms with E-state index in [2.05, 4.69) is 44.0 Å². The lowest BCUT2D eigenvalue weighted by atomic mass is 10.3. The number of nitrogens with zero attached hydrogens (tertiary/aromatic N) is 2.